The number of rotatable bonds is 6. The molecule has 0 saturated heterocycles. The largest absolute Gasteiger partial charge is 0.329 e. The fraction of sp³-hybridized carbons (Fsp3) is 0.684. The third kappa shape index (κ3) is 4.08. The summed E-state index contributed by atoms with van der Waals surface area (Å²) >= 11 is 0. The Kier molecular flexibility index (Phi) is 5.83. The number of hydrogen-bond acceptors (Lipinski definition) is 2. The SMILES string of the molecule is Cc1ccc(C(CN)N(CC(C)C)C2CCCC2)cc1C. The maximum atomic E-state index is 6.20. The summed E-state index contributed by atoms with van der Waals surface area (Å²) in [7, 11) is 0. The number of benzene rings is 1. The summed E-state index contributed by atoms with van der Waals surface area (Å²) in [6.07, 6.45) is 5.44. The standard InChI is InChI=1S/C19H32N2/c1-14(2)13-21(18-7-5-6-8-18)19(12-20)17-10-9-15(3)16(4)11-17/h9-11,14,18-19H,5-8,12-13,20H2,1-4H3. The Labute approximate surface area is 130 Å². The molecule has 0 amide bonds. The molecule has 2 nitrogen and oxygen atoms in total. The van der Waals surface area contributed by atoms with Gasteiger partial charge in [0.25, 0.3) is 0 Å². The maximum absolute atomic E-state index is 6.20. The van der Waals surface area contributed by atoms with Crippen LogP contribution in [0.25, 0.3) is 0 Å². The molecule has 1 atom stereocenters. The highest BCUT2D eigenvalue weighted by Gasteiger charge is 2.29. The molecule has 2 heteroatoms. The first-order valence-electron chi connectivity index (χ1n) is 8.56. The second-order valence-corrected chi connectivity index (χ2v) is 7.12. The zero-order chi connectivity index (χ0) is 15.4. The van der Waals surface area contributed by atoms with Crippen LogP contribution in [-0.4, -0.2) is 24.0 Å². The lowest BCUT2D eigenvalue weighted by Gasteiger charge is -2.37. The molecule has 1 aromatic carbocycles. The molecule has 1 unspecified atom stereocenters. The van der Waals surface area contributed by atoms with Gasteiger partial charge in [-0.2, -0.15) is 0 Å². The van der Waals surface area contributed by atoms with Crippen molar-refractivity contribution in [1.29, 1.82) is 0 Å². The molecule has 0 spiro atoms. The first kappa shape index (κ1) is 16.5. The molecule has 1 aliphatic carbocycles. The first-order valence-corrected chi connectivity index (χ1v) is 8.56. The van der Waals surface area contributed by atoms with Gasteiger partial charge in [0.1, 0.15) is 0 Å². The molecule has 0 aliphatic heterocycles. The summed E-state index contributed by atoms with van der Waals surface area (Å²) < 4.78 is 0. The van der Waals surface area contributed by atoms with Gasteiger partial charge in [0, 0.05) is 25.2 Å². The summed E-state index contributed by atoms with van der Waals surface area (Å²) in [5, 5.41) is 0. The van der Waals surface area contributed by atoms with Gasteiger partial charge < -0.3 is 5.73 Å². The summed E-state index contributed by atoms with van der Waals surface area (Å²) in [5.41, 5.74) is 10.3. The van der Waals surface area contributed by atoms with Gasteiger partial charge in [0.15, 0.2) is 0 Å². The molecule has 1 saturated carbocycles. The van der Waals surface area contributed by atoms with Gasteiger partial charge in [0.05, 0.1) is 0 Å². The van der Waals surface area contributed by atoms with Crippen molar-refractivity contribution in [1.82, 2.24) is 4.90 Å². The maximum Gasteiger partial charge on any atom is 0.0473 e. The van der Waals surface area contributed by atoms with E-state index in [4.69, 9.17) is 5.73 Å². The van der Waals surface area contributed by atoms with E-state index in [1.54, 1.807) is 0 Å². The number of nitrogens with two attached hydrogens (primary N) is 1. The van der Waals surface area contributed by atoms with Gasteiger partial charge in [-0.3, -0.25) is 4.90 Å². The minimum Gasteiger partial charge on any atom is -0.329 e. The molecule has 118 valence electrons. The molecule has 2 N–H and O–H groups in total. The summed E-state index contributed by atoms with van der Waals surface area (Å²) in [4.78, 5) is 2.70. The number of nitrogens with zero attached hydrogens (tertiary/aromatic N) is 1. The molecule has 2 rings (SSSR count). The van der Waals surface area contributed by atoms with Crippen molar-refractivity contribution in [2.24, 2.45) is 11.7 Å². The van der Waals surface area contributed by atoms with Gasteiger partial charge in [-0.05, 0) is 49.3 Å². The van der Waals surface area contributed by atoms with Crippen LogP contribution in [0.5, 0.6) is 0 Å². The van der Waals surface area contributed by atoms with E-state index < -0.39 is 0 Å². The molecule has 0 aromatic heterocycles. The second-order valence-electron chi connectivity index (χ2n) is 7.12. The van der Waals surface area contributed by atoms with Crippen LogP contribution in [0.3, 0.4) is 0 Å². The van der Waals surface area contributed by atoms with E-state index in [2.05, 4.69) is 50.8 Å². The third-order valence-electron chi connectivity index (χ3n) is 4.91. The van der Waals surface area contributed by atoms with Crippen LogP contribution in [0.4, 0.5) is 0 Å². The lowest BCUT2D eigenvalue weighted by atomic mass is 9.97. The van der Waals surface area contributed by atoms with Gasteiger partial charge in [-0.25, -0.2) is 0 Å². The Hall–Kier alpha value is -0.860. The minimum atomic E-state index is 0.370. The van der Waals surface area contributed by atoms with E-state index in [0.29, 0.717) is 18.5 Å². The van der Waals surface area contributed by atoms with Crippen molar-refractivity contribution < 1.29 is 0 Å². The predicted octanol–water partition coefficient (Wildman–Crippen LogP) is 4.20. The predicted molar refractivity (Wildman–Crippen MR) is 91.5 cm³/mol. The van der Waals surface area contributed by atoms with Crippen LogP contribution in [-0.2, 0) is 0 Å². The Balaban J connectivity index is 2.26. The Morgan fingerprint density at radius 1 is 1.14 bits per heavy atom. The Morgan fingerprint density at radius 2 is 1.81 bits per heavy atom. The van der Waals surface area contributed by atoms with Gasteiger partial charge in [-0.1, -0.05) is 44.9 Å². The molecule has 0 bridgehead atoms. The third-order valence-corrected chi connectivity index (χ3v) is 4.91. The van der Waals surface area contributed by atoms with Crippen molar-refractivity contribution in [3.63, 3.8) is 0 Å². The quantitative estimate of drug-likeness (QED) is 0.850. The van der Waals surface area contributed by atoms with Crippen molar-refractivity contribution in [2.75, 3.05) is 13.1 Å². The average molecular weight is 288 g/mol. The molecule has 0 heterocycles. The van der Waals surface area contributed by atoms with E-state index in [1.165, 1.54) is 42.4 Å². The highest BCUT2D eigenvalue weighted by Crippen LogP contribution is 2.32. The highest BCUT2D eigenvalue weighted by atomic mass is 15.2. The van der Waals surface area contributed by atoms with E-state index in [9.17, 15) is 0 Å². The van der Waals surface area contributed by atoms with Crippen molar-refractivity contribution in [3.05, 3.63) is 34.9 Å². The summed E-state index contributed by atoms with van der Waals surface area (Å²) in [6.45, 7) is 10.9. The topological polar surface area (TPSA) is 29.3 Å². The number of hydrogen-bond donors (Lipinski definition) is 1. The average Bonchev–Trinajstić information content (AvgIpc) is 2.96. The van der Waals surface area contributed by atoms with Crippen LogP contribution >= 0.6 is 0 Å². The lowest BCUT2D eigenvalue weighted by molar-refractivity contribution is 0.121. The van der Waals surface area contributed by atoms with Crippen molar-refractivity contribution in [2.45, 2.75) is 65.5 Å². The first-order chi connectivity index (χ1) is 10.0. The molecule has 0 radical (unpaired) electrons. The zero-order valence-corrected chi connectivity index (χ0v) is 14.2. The van der Waals surface area contributed by atoms with E-state index in [1.807, 2.05) is 0 Å². The lowest BCUT2D eigenvalue weighted by Crippen LogP contribution is -2.42. The van der Waals surface area contributed by atoms with Crippen molar-refractivity contribution in [3.8, 4) is 0 Å². The van der Waals surface area contributed by atoms with Crippen LogP contribution in [0.15, 0.2) is 18.2 Å². The fourth-order valence-electron chi connectivity index (χ4n) is 3.62. The van der Waals surface area contributed by atoms with Crippen LogP contribution in [0.2, 0.25) is 0 Å². The molecule has 1 fully saturated rings. The van der Waals surface area contributed by atoms with Gasteiger partial charge >= 0.3 is 0 Å². The van der Waals surface area contributed by atoms with Crippen LogP contribution in [0.1, 0.15) is 62.3 Å². The van der Waals surface area contributed by atoms with Gasteiger partial charge in [-0.15, -0.1) is 0 Å². The number of aryl methyl sites for hydroxylation is 2. The highest BCUT2D eigenvalue weighted by molar-refractivity contribution is 5.32. The Bertz CT molecular complexity index is 447. The monoisotopic (exact) mass is 288 g/mol. The zero-order valence-electron chi connectivity index (χ0n) is 14.2. The molecular weight excluding hydrogens is 256 g/mol. The van der Waals surface area contributed by atoms with E-state index in [0.717, 1.165) is 12.6 Å². The molecule has 1 aromatic rings. The van der Waals surface area contributed by atoms with Crippen molar-refractivity contribution >= 4 is 0 Å². The summed E-state index contributed by atoms with van der Waals surface area (Å²) in [6, 6.07) is 7.96. The normalized spacial score (nSPS) is 17.9. The van der Waals surface area contributed by atoms with Crippen LogP contribution < -0.4 is 5.73 Å². The van der Waals surface area contributed by atoms with Crippen LogP contribution in [0, 0.1) is 19.8 Å². The van der Waals surface area contributed by atoms with E-state index in [-0.39, 0.29) is 0 Å². The fourth-order valence-corrected chi connectivity index (χ4v) is 3.62. The Morgan fingerprint density at radius 3 is 2.33 bits per heavy atom. The van der Waals surface area contributed by atoms with Gasteiger partial charge in [0.2, 0.25) is 0 Å². The summed E-state index contributed by atoms with van der Waals surface area (Å²) in [5.74, 6) is 0.686. The molecular formula is C19H32N2. The smallest absolute Gasteiger partial charge is 0.0473 e. The molecule has 1 aliphatic rings. The minimum absolute atomic E-state index is 0.370. The molecule has 21 heavy (non-hydrogen) atoms. The van der Waals surface area contributed by atoms with E-state index >= 15 is 0 Å². The second kappa shape index (κ2) is 7.42.